The second-order valence-corrected chi connectivity index (χ2v) is 3.87. The zero-order valence-corrected chi connectivity index (χ0v) is 10.4. The van der Waals surface area contributed by atoms with Gasteiger partial charge in [0.2, 0.25) is 0 Å². The van der Waals surface area contributed by atoms with E-state index in [1.54, 1.807) is 0 Å². The fourth-order valence-electron chi connectivity index (χ4n) is 1.57. The van der Waals surface area contributed by atoms with Gasteiger partial charge in [-0.15, -0.1) is 0 Å². The Morgan fingerprint density at radius 2 is 2.12 bits per heavy atom. The van der Waals surface area contributed by atoms with Crippen LogP contribution in [0.1, 0.15) is 19.3 Å². The molecule has 1 saturated heterocycles. The minimum absolute atomic E-state index is 0.171. The van der Waals surface area contributed by atoms with Gasteiger partial charge in [-0.2, -0.15) is 0 Å². The molecule has 6 heteroatoms. The molecule has 1 rings (SSSR count). The van der Waals surface area contributed by atoms with Crippen molar-refractivity contribution in [3.63, 3.8) is 0 Å². The van der Waals surface area contributed by atoms with E-state index in [1.165, 1.54) is 7.11 Å². The number of carbonyl (C=O) groups excluding carboxylic acids is 1. The lowest BCUT2D eigenvalue weighted by molar-refractivity contribution is -0.140. The highest BCUT2D eigenvalue weighted by Gasteiger charge is 2.11. The summed E-state index contributed by atoms with van der Waals surface area (Å²) in [6, 6.07) is 0. The normalized spacial score (nSPS) is 17.0. The lowest BCUT2D eigenvalue weighted by Crippen LogP contribution is -2.44. The second kappa shape index (κ2) is 7.89. The number of hydrogen-bond acceptors (Lipinski definition) is 4. The van der Waals surface area contributed by atoms with Gasteiger partial charge in [0, 0.05) is 26.1 Å². The Kier molecular flexibility index (Phi) is 6.39. The van der Waals surface area contributed by atoms with Crippen molar-refractivity contribution in [3.8, 4) is 0 Å². The number of rotatable bonds is 5. The third-order valence-electron chi connectivity index (χ3n) is 2.63. The van der Waals surface area contributed by atoms with Crippen LogP contribution in [0, 0.1) is 0 Å². The molecule has 0 aromatic heterocycles. The van der Waals surface area contributed by atoms with Crippen LogP contribution in [-0.4, -0.2) is 56.8 Å². The fourth-order valence-corrected chi connectivity index (χ4v) is 1.57. The first-order chi connectivity index (χ1) is 8.24. The highest BCUT2D eigenvalue weighted by Crippen LogP contribution is 1.99. The second-order valence-electron chi connectivity index (χ2n) is 3.87. The lowest BCUT2D eigenvalue weighted by atomic mass is 10.2. The summed E-state index contributed by atoms with van der Waals surface area (Å²) in [7, 11) is 1.40. The number of unbranched alkanes of at least 4 members (excludes halogenated alkanes) is 1. The van der Waals surface area contributed by atoms with E-state index in [0.29, 0.717) is 32.1 Å². The summed E-state index contributed by atoms with van der Waals surface area (Å²) in [5.74, 6) is 0.404. The van der Waals surface area contributed by atoms with E-state index in [1.807, 2.05) is 4.90 Å². The van der Waals surface area contributed by atoms with Gasteiger partial charge in [0.25, 0.3) is 0 Å². The van der Waals surface area contributed by atoms with Gasteiger partial charge in [-0.05, 0) is 12.8 Å². The molecule has 0 amide bonds. The molecule has 0 aromatic carbocycles. The van der Waals surface area contributed by atoms with Crippen molar-refractivity contribution in [1.82, 2.24) is 4.90 Å². The van der Waals surface area contributed by atoms with E-state index in [0.717, 1.165) is 25.9 Å². The molecule has 1 aliphatic rings. The lowest BCUT2D eigenvalue weighted by Gasteiger charge is -2.27. The third kappa shape index (κ3) is 5.53. The molecule has 6 nitrogen and oxygen atoms in total. The number of carbonyl (C=O) groups is 1. The number of nitrogens with zero attached hydrogens (tertiary/aromatic N) is 2. The minimum Gasteiger partial charge on any atom is -0.469 e. The summed E-state index contributed by atoms with van der Waals surface area (Å²) in [6.45, 7) is 3.67. The van der Waals surface area contributed by atoms with E-state index < -0.39 is 0 Å². The Labute approximate surface area is 102 Å². The predicted molar refractivity (Wildman–Crippen MR) is 64.7 cm³/mol. The summed E-state index contributed by atoms with van der Waals surface area (Å²) in [5, 5.41) is 0. The molecule has 0 saturated carbocycles. The molecule has 1 heterocycles. The average Bonchev–Trinajstić information content (AvgIpc) is 2.38. The maximum atomic E-state index is 10.9. The maximum absolute atomic E-state index is 10.9. The van der Waals surface area contributed by atoms with E-state index >= 15 is 0 Å². The van der Waals surface area contributed by atoms with Crippen LogP contribution in [0.5, 0.6) is 0 Å². The van der Waals surface area contributed by atoms with Crippen molar-refractivity contribution in [3.05, 3.63) is 0 Å². The molecule has 0 aromatic rings. The number of hydrogen-bond donors (Lipinski definition) is 1. The first kappa shape index (κ1) is 13.8. The largest absolute Gasteiger partial charge is 0.469 e. The SMILES string of the molecule is COC(=O)CCCCN=C(N)N1CCOCC1. The van der Waals surface area contributed by atoms with Crippen LogP contribution in [0.25, 0.3) is 0 Å². The number of guanidine groups is 1. The van der Waals surface area contributed by atoms with Crippen LogP contribution >= 0.6 is 0 Å². The first-order valence-electron chi connectivity index (χ1n) is 5.93. The van der Waals surface area contributed by atoms with E-state index in [-0.39, 0.29) is 5.97 Å². The van der Waals surface area contributed by atoms with Gasteiger partial charge in [0.15, 0.2) is 5.96 Å². The number of esters is 1. The van der Waals surface area contributed by atoms with Crippen molar-refractivity contribution >= 4 is 11.9 Å². The van der Waals surface area contributed by atoms with Crippen molar-refractivity contribution in [2.24, 2.45) is 10.7 Å². The number of morpholine rings is 1. The van der Waals surface area contributed by atoms with E-state index in [4.69, 9.17) is 10.5 Å². The summed E-state index contributed by atoms with van der Waals surface area (Å²) >= 11 is 0. The van der Waals surface area contributed by atoms with Crippen LogP contribution in [0.2, 0.25) is 0 Å². The average molecular weight is 243 g/mol. The number of nitrogens with two attached hydrogens (primary N) is 1. The zero-order chi connectivity index (χ0) is 12.5. The predicted octanol–water partition coefficient (Wildman–Crippen LogP) is -0.0234. The molecule has 2 N–H and O–H groups in total. The van der Waals surface area contributed by atoms with Crippen LogP contribution in [0.4, 0.5) is 0 Å². The molecule has 1 fully saturated rings. The summed E-state index contributed by atoms with van der Waals surface area (Å²) < 4.78 is 9.78. The topological polar surface area (TPSA) is 77.1 Å². The van der Waals surface area contributed by atoms with Crippen LogP contribution in [-0.2, 0) is 14.3 Å². The van der Waals surface area contributed by atoms with Crippen molar-refractivity contribution < 1.29 is 14.3 Å². The first-order valence-corrected chi connectivity index (χ1v) is 5.93. The molecule has 0 unspecified atom stereocenters. The smallest absolute Gasteiger partial charge is 0.305 e. The number of aliphatic imine (C=N–C) groups is 1. The Morgan fingerprint density at radius 1 is 1.41 bits per heavy atom. The summed E-state index contributed by atoms with van der Waals surface area (Å²) in [4.78, 5) is 17.2. The monoisotopic (exact) mass is 243 g/mol. The van der Waals surface area contributed by atoms with Gasteiger partial charge in [0.1, 0.15) is 0 Å². The van der Waals surface area contributed by atoms with Crippen molar-refractivity contribution in [2.75, 3.05) is 40.0 Å². The van der Waals surface area contributed by atoms with E-state index in [9.17, 15) is 4.79 Å². The standard InChI is InChI=1S/C11H21N3O3/c1-16-10(15)4-2-3-5-13-11(12)14-6-8-17-9-7-14/h2-9H2,1H3,(H2,12,13). The Hall–Kier alpha value is -1.30. The van der Waals surface area contributed by atoms with Gasteiger partial charge in [-0.3, -0.25) is 9.79 Å². The van der Waals surface area contributed by atoms with Gasteiger partial charge in [0.05, 0.1) is 20.3 Å². The quantitative estimate of drug-likeness (QED) is 0.318. The van der Waals surface area contributed by atoms with Crippen molar-refractivity contribution in [2.45, 2.75) is 19.3 Å². The maximum Gasteiger partial charge on any atom is 0.305 e. The molecular formula is C11H21N3O3. The highest BCUT2D eigenvalue weighted by atomic mass is 16.5. The molecule has 98 valence electrons. The molecule has 1 aliphatic heterocycles. The molecule has 0 spiro atoms. The molecule has 17 heavy (non-hydrogen) atoms. The summed E-state index contributed by atoms with van der Waals surface area (Å²) in [6.07, 6.45) is 2.08. The van der Waals surface area contributed by atoms with E-state index in [2.05, 4.69) is 9.73 Å². The molecule has 0 aliphatic carbocycles. The van der Waals surface area contributed by atoms with Gasteiger partial charge in [-0.25, -0.2) is 0 Å². The highest BCUT2D eigenvalue weighted by molar-refractivity contribution is 5.78. The summed E-state index contributed by atoms with van der Waals surface area (Å²) in [5.41, 5.74) is 5.85. The molecule has 0 radical (unpaired) electrons. The van der Waals surface area contributed by atoms with Crippen molar-refractivity contribution in [1.29, 1.82) is 0 Å². The molecule has 0 atom stereocenters. The molecular weight excluding hydrogens is 222 g/mol. The van der Waals surface area contributed by atoms with Gasteiger partial charge < -0.3 is 20.1 Å². The van der Waals surface area contributed by atoms with Crippen LogP contribution < -0.4 is 5.73 Å². The molecule has 0 bridgehead atoms. The fraction of sp³-hybridized carbons (Fsp3) is 0.818. The number of ether oxygens (including phenoxy) is 2. The van der Waals surface area contributed by atoms with Crippen LogP contribution in [0.15, 0.2) is 4.99 Å². The van der Waals surface area contributed by atoms with Gasteiger partial charge >= 0.3 is 5.97 Å². The Balaban J connectivity index is 2.12. The third-order valence-corrected chi connectivity index (χ3v) is 2.63. The Bertz CT molecular complexity index is 263. The van der Waals surface area contributed by atoms with Crippen LogP contribution in [0.3, 0.4) is 0 Å². The van der Waals surface area contributed by atoms with Gasteiger partial charge in [-0.1, -0.05) is 0 Å². The number of methoxy groups -OCH3 is 1. The zero-order valence-electron chi connectivity index (χ0n) is 10.4. The Morgan fingerprint density at radius 3 is 2.76 bits per heavy atom. The minimum atomic E-state index is -0.171.